The maximum Gasteiger partial charge on any atom is 0.436 e. The third-order valence-corrected chi connectivity index (χ3v) is 6.52. The summed E-state index contributed by atoms with van der Waals surface area (Å²) >= 11 is 0. The maximum absolute atomic E-state index is 12.6. The first-order valence-corrected chi connectivity index (χ1v) is 12.4. The quantitative estimate of drug-likeness (QED) is 0.349. The van der Waals surface area contributed by atoms with E-state index in [0.29, 0.717) is 44.5 Å². The molecule has 180 valence electrons. The Labute approximate surface area is 185 Å². The zero-order valence-corrected chi connectivity index (χ0v) is 20.8. The average Bonchev–Trinajstić information content (AvgIpc) is 3.15. The van der Waals surface area contributed by atoms with Gasteiger partial charge in [-0.15, -0.1) is 5.10 Å². The number of aromatic nitrogens is 3. The van der Waals surface area contributed by atoms with Gasteiger partial charge in [-0.25, -0.2) is 4.79 Å². The molecule has 10 nitrogen and oxygen atoms in total. The summed E-state index contributed by atoms with van der Waals surface area (Å²) in [7, 11) is -3.09. The molecule has 1 aromatic heterocycles. The Morgan fingerprint density at radius 2 is 1.61 bits per heavy atom. The van der Waals surface area contributed by atoms with Gasteiger partial charge in [-0.2, -0.15) is 4.68 Å². The van der Waals surface area contributed by atoms with E-state index in [2.05, 4.69) is 10.3 Å². The van der Waals surface area contributed by atoms with Crippen LogP contribution in [-0.2, 0) is 34.4 Å². The number of rotatable bonds is 15. The minimum Gasteiger partial charge on any atom is -0.448 e. The first-order valence-electron chi connectivity index (χ1n) is 10.7. The SMILES string of the molecule is CCOC(=O)n1cc(COC(C)(C)CCOC(C)(C)CCP(=O)(OCC)OCC)nn1. The normalized spacial score (nSPS) is 12.9. The van der Waals surface area contributed by atoms with Gasteiger partial charge in [0.05, 0.1) is 56.6 Å². The fourth-order valence-electron chi connectivity index (χ4n) is 2.60. The van der Waals surface area contributed by atoms with Crippen LogP contribution in [0, 0.1) is 0 Å². The molecule has 1 heterocycles. The highest BCUT2D eigenvalue weighted by atomic mass is 31.2. The molecule has 0 saturated heterocycles. The summed E-state index contributed by atoms with van der Waals surface area (Å²) < 4.78 is 41.2. The third-order valence-electron chi connectivity index (χ3n) is 4.44. The molecule has 0 aliphatic heterocycles. The van der Waals surface area contributed by atoms with Gasteiger partial charge in [0.25, 0.3) is 0 Å². The van der Waals surface area contributed by atoms with E-state index in [0.717, 1.165) is 4.68 Å². The van der Waals surface area contributed by atoms with Gasteiger partial charge in [-0.1, -0.05) is 5.21 Å². The van der Waals surface area contributed by atoms with Crippen LogP contribution < -0.4 is 0 Å². The van der Waals surface area contributed by atoms with E-state index in [4.69, 9.17) is 23.3 Å². The molecule has 0 aliphatic rings. The monoisotopic (exact) mass is 463 g/mol. The molecule has 0 bridgehead atoms. The van der Waals surface area contributed by atoms with Gasteiger partial charge >= 0.3 is 13.7 Å². The molecule has 11 heteroatoms. The Kier molecular flexibility index (Phi) is 11.3. The standard InChI is InChI=1S/C20H38N3O7P/c1-8-26-18(24)23-15-17(21-22-23)16-28-19(4,5)11-13-27-20(6,7)12-14-31(25,29-9-2)30-10-3/h15H,8-14,16H2,1-7H3. The van der Waals surface area contributed by atoms with E-state index in [1.807, 2.05) is 27.7 Å². The maximum atomic E-state index is 12.6. The Bertz CT molecular complexity index is 711. The molecule has 0 amide bonds. The molecule has 1 rings (SSSR count). The van der Waals surface area contributed by atoms with Crippen LogP contribution in [0.4, 0.5) is 4.79 Å². The highest BCUT2D eigenvalue weighted by Gasteiger charge is 2.29. The van der Waals surface area contributed by atoms with Gasteiger partial charge in [0.2, 0.25) is 0 Å². The summed E-state index contributed by atoms with van der Waals surface area (Å²) in [6.07, 6.45) is 2.40. The van der Waals surface area contributed by atoms with Crippen molar-refractivity contribution in [3.8, 4) is 0 Å². The van der Waals surface area contributed by atoms with Crippen molar-refractivity contribution >= 4 is 13.7 Å². The van der Waals surface area contributed by atoms with Crippen molar-refractivity contribution in [1.29, 1.82) is 0 Å². The minimum absolute atomic E-state index is 0.210. The molecule has 0 saturated carbocycles. The molecular formula is C20H38N3O7P. The highest BCUT2D eigenvalue weighted by Crippen LogP contribution is 2.49. The Morgan fingerprint density at radius 3 is 2.19 bits per heavy atom. The Morgan fingerprint density at radius 1 is 1.00 bits per heavy atom. The van der Waals surface area contributed by atoms with Gasteiger partial charge in [0, 0.05) is 0 Å². The second kappa shape index (κ2) is 12.6. The highest BCUT2D eigenvalue weighted by molar-refractivity contribution is 7.53. The number of hydrogen-bond donors (Lipinski definition) is 0. The first-order chi connectivity index (χ1) is 14.5. The van der Waals surface area contributed by atoms with E-state index in [-0.39, 0.29) is 13.2 Å². The molecule has 0 unspecified atom stereocenters. The lowest BCUT2D eigenvalue weighted by atomic mass is 10.0. The van der Waals surface area contributed by atoms with E-state index in [1.165, 1.54) is 6.20 Å². The number of carbonyl (C=O) groups is 1. The second-order valence-corrected chi connectivity index (χ2v) is 10.4. The van der Waals surface area contributed by atoms with Crippen molar-refractivity contribution in [2.75, 3.05) is 32.6 Å². The van der Waals surface area contributed by atoms with E-state index in [9.17, 15) is 9.36 Å². The van der Waals surface area contributed by atoms with Crippen molar-refractivity contribution in [2.45, 2.75) is 79.1 Å². The van der Waals surface area contributed by atoms with Crippen molar-refractivity contribution in [2.24, 2.45) is 0 Å². The minimum atomic E-state index is -3.09. The van der Waals surface area contributed by atoms with Crippen LogP contribution in [0.3, 0.4) is 0 Å². The lowest BCUT2D eigenvalue weighted by Gasteiger charge is -2.30. The van der Waals surface area contributed by atoms with Crippen LogP contribution >= 0.6 is 7.60 Å². The van der Waals surface area contributed by atoms with Crippen LogP contribution in [-0.4, -0.2) is 64.9 Å². The van der Waals surface area contributed by atoms with Crippen LogP contribution in [0.1, 0.15) is 67.0 Å². The summed E-state index contributed by atoms with van der Waals surface area (Å²) in [5.74, 6) is 0. The van der Waals surface area contributed by atoms with Crippen LogP contribution in [0.5, 0.6) is 0 Å². The van der Waals surface area contributed by atoms with Crippen LogP contribution in [0.15, 0.2) is 6.20 Å². The van der Waals surface area contributed by atoms with E-state index in [1.54, 1.807) is 20.8 Å². The van der Waals surface area contributed by atoms with Gasteiger partial charge in [0.15, 0.2) is 0 Å². The molecule has 0 radical (unpaired) electrons. The zero-order chi connectivity index (χ0) is 23.5. The molecule has 0 aromatic carbocycles. The van der Waals surface area contributed by atoms with Gasteiger partial charge in [-0.3, -0.25) is 4.57 Å². The molecular weight excluding hydrogens is 425 g/mol. The number of carbonyl (C=O) groups excluding carboxylic acids is 1. The second-order valence-electron chi connectivity index (χ2n) is 8.18. The fraction of sp³-hybridized carbons (Fsp3) is 0.850. The number of nitrogens with zero attached hydrogens (tertiary/aromatic N) is 3. The van der Waals surface area contributed by atoms with Gasteiger partial charge < -0.3 is 23.3 Å². The predicted molar refractivity (Wildman–Crippen MR) is 116 cm³/mol. The predicted octanol–water partition coefficient (Wildman–Crippen LogP) is 4.42. The molecule has 0 spiro atoms. The zero-order valence-electron chi connectivity index (χ0n) is 19.9. The Balaban J connectivity index is 2.45. The molecule has 0 fully saturated rings. The van der Waals surface area contributed by atoms with Gasteiger partial charge in [0.1, 0.15) is 5.69 Å². The van der Waals surface area contributed by atoms with E-state index >= 15 is 0 Å². The molecule has 1 aromatic rings. The third kappa shape index (κ3) is 10.7. The Hall–Kier alpha value is -1.32. The number of ether oxygens (including phenoxy) is 3. The van der Waals surface area contributed by atoms with Crippen molar-refractivity contribution in [3.63, 3.8) is 0 Å². The fourth-order valence-corrected chi connectivity index (χ4v) is 4.53. The first kappa shape index (κ1) is 27.7. The van der Waals surface area contributed by atoms with E-state index < -0.39 is 24.9 Å². The lowest BCUT2D eigenvalue weighted by molar-refractivity contribution is -0.0794. The summed E-state index contributed by atoms with van der Waals surface area (Å²) in [6.45, 7) is 14.8. The molecule has 0 aliphatic carbocycles. The van der Waals surface area contributed by atoms with Crippen LogP contribution in [0.2, 0.25) is 0 Å². The molecule has 0 N–H and O–H groups in total. The topological polar surface area (TPSA) is 111 Å². The number of hydrogen-bond acceptors (Lipinski definition) is 9. The summed E-state index contributed by atoms with van der Waals surface area (Å²) in [5, 5.41) is 7.67. The smallest absolute Gasteiger partial charge is 0.436 e. The van der Waals surface area contributed by atoms with Crippen LogP contribution in [0.25, 0.3) is 0 Å². The largest absolute Gasteiger partial charge is 0.448 e. The summed E-state index contributed by atoms with van der Waals surface area (Å²) in [6, 6.07) is 0. The average molecular weight is 464 g/mol. The summed E-state index contributed by atoms with van der Waals surface area (Å²) in [4.78, 5) is 11.6. The molecule has 0 atom stereocenters. The van der Waals surface area contributed by atoms with Crippen molar-refractivity contribution in [3.05, 3.63) is 11.9 Å². The van der Waals surface area contributed by atoms with Gasteiger partial charge in [-0.05, 0) is 61.3 Å². The molecule has 31 heavy (non-hydrogen) atoms. The summed E-state index contributed by atoms with van der Waals surface area (Å²) in [5.41, 5.74) is -0.428. The lowest BCUT2D eigenvalue weighted by Crippen LogP contribution is -2.31. The van der Waals surface area contributed by atoms with Crippen molar-refractivity contribution < 1.29 is 32.6 Å². The van der Waals surface area contributed by atoms with Crippen molar-refractivity contribution in [1.82, 2.24) is 15.0 Å².